The number of likely N-dealkylation sites (tertiary alicyclic amines) is 1. The normalized spacial score (nSPS) is 18.4. The molecule has 2 aliphatic rings. The fraction of sp³-hybridized carbons (Fsp3) is 0.273. The largest absolute Gasteiger partial charge is 0.427 e. The first-order chi connectivity index (χ1) is 19.3. The van der Waals surface area contributed by atoms with Crippen LogP contribution in [0.2, 0.25) is 0 Å². The molecule has 2 unspecified atom stereocenters. The lowest BCUT2D eigenvalue weighted by Gasteiger charge is -2.50. The standard InChI is InChI=1S/C33H34NO5P/c1-33(2,3)32(37)39-23-38-31(36)30(34-28-22-14-13-21-27(28)29(34)35)40(24-15-7-4-8-16-24,25-17-9-5-10-18-25)26-19-11-6-12-20-26/h4-20,27-28H,21-23H2,1-3H3. The minimum absolute atomic E-state index is 0.0832. The second-order valence-electron chi connectivity index (χ2n) is 11.1. The van der Waals surface area contributed by atoms with Crippen molar-refractivity contribution in [3.8, 4) is 0 Å². The Morgan fingerprint density at radius 2 is 1.25 bits per heavy atom. The average Bonchev–Trinajstić information content (AvgIpc) is 2.98. The molecule has 1 heterocycles. The summed E-state index contributed by atoms with van der Waals surface area (Å²) in [6, 6.07) is 29.5. The number of amides is 1. The van der Waals surface area contributed by atoms with Crippen molar-refractivity contribution in [2.45, 2.75) is 39.7 Å². The zero-order chi connectivity index (χ0) is 28.3. The Kier molecular flexibility index (Phi) is 7.82. The maximum absolute atomic E-state index is 14.4. The molecular formula is C33H34NO5P. The number of hydrogen-bond donors (Lipinski definition) is 0. The van der Waals surface area contributed by atoms with Gasteiger partial charge in [-0.1, -0.05) is 103 Å². The minimum Gasteiger partial charge on any atom is -0.427 e. The fourth-order valence-electron chi connectivity index (χ4n) is 5.46. The number of fused-ring (bicyclic) bond motifs is 1. The SMILES string of the molecule is CC(C)(C)C(=O)OCOC(=O)C(N1C(=O)C2CC=CCC21)=P(c1ccccc1)(c1ccccc1)c1ccccc1. The highest BCUT2D eigenvalue weighted by molar-refractivity contribution is 7.96. The van der Waals surface area contributed by atoms with Crippen molar-refractivity contribution >= 4 is 46.1 Å². The summed E-state index contributed by atoms with van der Waals surface area (Å²) in [7, 11) is 0. The van der Waals surface area contributed by atoms with E-state index in [1.54, 1.807) is 25.7 Å². The zero-order valence-electron chi connectivity index (χ0n) is 23.0. The number of benzene rings is 3. The molecule has 6 nitrogen and oxygen atoms in total. The molecular weight excluding hydrogens is 521 g/mol. The lowest BCUT2D eigenvalue weighted by molar-refractivity contribution is -0.171. The first-order valence-electron chi connectivity index (χ1n) is 13.5. The molecule has 3 aromatic rings. The van der Waals surface area contributed by atoms with Gasteiger partial charge in [0.15, 0.2) is 0 Å². The second-order valence-corrected chi connectivity index (χ2v) is 14.4. The van der Waals surface area contributed by atoms with Crippen LogP contribution in [0.25, 0.3) is 0 Å². The van der Waals surface area contributed by atoms with Gasteiger partial charge in [0.1, 0.15) is 5.42 Å². The van der Waals surface area contributed by atoms with E-state index >= 15 is 0 Å². The van der Waals surface area contributed by atoms with Gasteiger partial charge in [0.2, 0.25) is 12.7 Å². The molecule has 0 saturated carbocycles. The molecule has 1 saturated heterocycles. The lowest BCUT2D eigenvalue weighted by atomic mass is 9.79. The predicted molar refractivity (Wildman–Crippen MR) is 159 cm³/mol. The summed E-state index contributed by atoms with van der Waals surface area (Å²) >= 11 is 0. The quantitative estimate of drug-likeness (QED) is 0.142. The van der Waals surface area contributed by atoms with Crippen molar-refractivity contribution in [1.29, 1.82) is 0 Å². The van der Waals surface area contributed by atoms with E-state index in [1.807, 2.05) is 97.1 Å². The highest BCUT2D eigenvalue weighted by Crippen LogP contribution is 2.50. The Hall–Kier alpha value is -3.89. The van der Waals surface area contributed by atoms with Crippen LogP contribution >= 0.6 is 6.89 Å². The number of esters is 2. The summed E-state index contributed by atoms with van der Waals surface area (Å²) in [5, 5.41) is 2.77. The van der Waals surface area contributed by atoms with Gasteiger partial charge >= 0.3 is 11.9 Å². The van der Waals surface area contributed by atoms with E-state index in [4.69, 9.17) is 9.47 Å². The second kappa shape index (κ2) is 11.3. The number of β-lactam (4-membered cyclic amide) rings is 1. The van der Waals surface area contributed by atoms with E-state index in [0.29, 0.717) is 18.3 Å². The number of allylic oxidation sites excluding steroid dienone is 1. The summed E-state index contributed by atoms with van der Waals surface area (Å²) in [5.74, 6) is -1.39. The van der Waals surface area contributed by atoms with Crippen LogP contribution in [-0.2, 0) is 23.9 Å². The van der Waals surface area contributed by atoms with Crippen LogP contribution in [0, 0.1) is 11.3 Å². The molecule has 1 aliphatic carbocycles. The van der Waals surface area contributed by atoms with E-state index in [0.717, 1.165) is 15.9 Å². The van der Waals surface area contributed by atoms with Gasteiger partial charge in [-0.2, -0.15) is 0 Å². The van der Waals surface area contributed by atoms with Crippen LogP contribution in [0.4, 0.5) is 0 Å². The van der Waals surface area contributed by atoms with Crippen molar-refractivity contribution in [3.05, 3.63) is 103 Å². The van der Waals surface area contributed by atoms with Gasteiger partial charge < -0.3 is 14.4 Å². The van der Waals surface area contributed by atoms with Crippen LogP contribution in [0.15, 0.2) is 103 Å². The number of carbonyl (C=O) groups is 3. The highest BCUT2D eigenvalue weighted by atomic mass is 31.2. The smallest absolute Gasteiger partial charge is 0.358 e. The molecule has 206 valence electrons. The molecule has 7 heteroatoms. The van der Waals surface area contributed by atoms with E-state index in [1.165, 1.54) is 0 Å². The molecule has 40 heavy (non-hydrogen) atoms. The highest BCUT2D eigenvalue weighted by Gasteiger charge is 2.53. The van der Waals surface area contributed by atoms with E-state index in [-0.39, 0.29) is 17.9 Å². The van der Waals surface area contributed by atoms with Gasteiger partial charge in [-0.05, 0) is 49.5 Å². The van der Waals surface area contributed by atoms with Crippen molar-refractivity contribution in [1.82, 2.24) is 4.90 Å². The molecule has 1 fully saturated rings. The van der Waals surface area contributed by atoms with Crippen LogP contribution in [0.1, 0.15) is 33.6 Å². The van der Waals surface area contributed by atoms with Gasteiger partial charge in [0.25, 0.3) is 0 Å². The monoisotopic (exact) mass is 555 g/mol. The lowest BCUT2D eigenvalue weighted by Crippen LogP contribution is -2.66. The van der Waals surface area contributed by atoms with Gasteiger partial charge in [-0.25, -0.2) is 4.79 Å². The summed E-state index contributed by atoms with van der Waals surface area (Å²) in [5.41, 5.74) is -0.437. The summed E-state index contributed by atoms with van der Waals surface area (Å²) in [4.78, 5) is 42.3. The summed E-state index contributed by atoms with van der Waals surface area (Å²) < 4.78 is 11.0. The molecule has 1 aliphatic heterocycles. The van der Waals surface area contributed by atoms with Crippen LogP contribution < -0.4 is 15.9 Å². The first-order valence-corrected chi connectivity index (χ1v) is 15.3. The predicted octanol–water partition coefficient (Wildman–Crippen LogP) is 4.38. The van der Waals surface area contributed by atoms with Gasteiger partial charge in [-0.3, -0.25) is 9.59 Å². The third-order valence-electron chi connectivity index (χ3n) is 7.44. The summed E-state index contributed by atoms with van der Waals surface area (Å²) in [6.07, 6.45) is 5.42. The Balaban J connectivity index is 1.79. The maximum Gasteiger partial charge on any atom is 0.358 e. The molecule has 0 N–H and O–H groups in total. The third-order valence-corrected chi connectivity index (χ3v) is 11.7. The number of ether oxygens (including phenoxy) is 2. The molecule has 1 amide bonds. The minimum atomic E-state index is -2.96. The Morgan fingerprint density at radius 3 is 1.73 bits per heavy atom. The molecule has 3 aromatic carbocycles. The topological polar surface area (TPSA) is 72.9 Å². The summed E-state index contributed by atoms with van der Waals surface area (Å²) in [6.45, 7) is 1.72. The van der Waals surface area contributed by atoms with Crippen molar-refractivity contribution < 1.29 is 23.9 Å². The molecule has 0 bridgehead atoms. The van der Waals surface area contributed by atoms with Gasteiger partial charge in [-0.15, -0.1) is 0 Å². The van der Waals surface area contributed by atoms with Crippen LogP contribution in [0.3, 0.4) is 0 Å². The Labute approximate surface area is 235 Å². The van der Waals surface area contributed by atoms with Crippen molar-refractivity contribution in [2.24, 2.45) is 11.3 Å². The Bertz CT molecular complexity index is 1370. The molecule has 5 rings (SSSR count). The number of nitrogens with zero attached hydrogens (tertiary/aromatic N) is 1. The van der Waals surface area contributed by atoms with Crippen LogP contribution in [-0.4, -0.2) is 41.0 Å². The third kappa shape index (κ3) is 4.93. The number of carbonyl (C=O) groups excluding carboxylic acids is 3. The fourth-order valence-corrected chi connectivity index (χ4v) is 9.85. The molecule has 2 atom stereocenters. The zero-order valence-corrected chi connectivity index (χ0v) is 23.9. The van der Waals surface area contributed by atoms with E-state index in [2.05, 4.69) is 6.08 Å². The maximum atomic E-state index is 14.4. The average molecular weight is 556 g/mol. The van der Waals surface area contributed by atoms with Crippen molar-refractivity contribution in [2.75, 3.05) is 6.79 Å². The number of rotatable bonds is 7. The van der Waals surface area contributed by atoms with E-state index < -0.39 is 31.0 Å². The van der Waals surface area contributed by atoms with Gasteiger partial charge in [0, 0.05) is 6.89 Å². The number of hydrogen-bond acceptors (Lipinski definition) is 5. The van der Waals surface area contributed by atoms with Crippen LogP contribution in [0.5, 0.6) is 0 Å². The first kappa shape index (κ1) is 27.7. The molecule has 0 aromatic heterocycles. The Morgan fingerprint density at radius 1 is 0.775 bits per heavy atom. The van der Waals surface area contributed by atoms with E-state index in [9.17, 15) is 14.4 Å². The van der Waals surface area contributed by atoms with Gasteiger partial charge in [0.05, 0.1) is 17.4 Å². The van der Waals surface area contributed by atoms with Crippen molar-refractivity contribution in [3.63, 3.8) is 0 Å². The molecule has 0 radical (unpaired) electrons. The molecule has 0 spiro atoms.